The van der Waals surface area contributed by atoms with E-state index in [4.69, 9.17) is 14.0 Å². The molecule has 0 aliphatic carbocycles. The first-order chi connectivity index (χ1) is 11.8. The Hall–Kier alpha value is -2.80. The topological polar surface area (TPSA) is 73.6 Å². The van der Waals surface area contributed by atoms with Crippen molar-refractivity contribution in [3.8, 4) is 22.1 Å². The lowest BCUT2D eigenvalue weighted by Gasteiger charge is -2.25. The number of rotatable bonds is 4. The highest BCUT2D eigenvalue weighted by molar-refractivity contribution is 7.13. The van der Waals surface area contributed by atoms with Crippen molar-refractivity contribution in [2.24, 2.45) is 0 Å². The molecular weight excluding hydrogens is 328 g/mol. The quantitative estimate of drug-likeness (QED) is 0.789. The van der Waals surface area contributed by atoms with E-state index in [1.54, 1.807) is 17.4 Å². The van der Waals surface area contributed by atoms with Gasteiger partial charge in [-0.1, -0.05) is 23.4 Å². The molecule has 4 rings (SSSR count). The molecule has 0 bridgehead atoms. The third-order valence-corrected chi connectivity index (χ3v) is 4.45. The minimum Gasteiger partial charge on any atom is -0.485 e. The van der Waals surface area contributed by atoms with E-state index in [2.05, 4.69) is 10.5 Å². The number of nitrogens with one attached hydrogen (secondary N) is 1. The van der Waals surface area contributed by atoms with Gasteiger partial charge in [-0.15, -0.1) is 11.3 Å². The number of thiophene rings is 1. The summed E-state index contributed by atoms with van der Waals surface area (Å²) in [5.74, 6) is 1.68. The average Bonchev–Trinajstić information content (AvgIpc) is 3.30. The van der Waals surface area contributed by atoms with Crippen LogP contribution in [0.1, 0.15) is 5.69 Å². The summed E-state index contributed by atoms with van der Waals surface area (Å²) in [6.45, 7) is 0.456. The van der Waals surface area contributed by atoms with Crippen LogP contribution in [0, 0.1) is 0 Å². The Morgan fingerprint density at radius 1 is 1.25 bits per heavy atom. The van der Waals surface area contributed by atoms with Crippen molar-refractivity contribution >= 4 is 17.2 Å². The fraction of sp³-hybridized carbons (Fsp3) is 0.176. The highest BCUT2D eigenvalue weighted by Crippen LogP contribution is 2.31. The lowest BCUT2D eigenvalue weighted by Crippen LogP contribution is -2.43. The van der Waals surface area contributed by atoms with Crippen LogP contribution in [0.15, 0.2) is 52.4 Å². The van der Waals surface area contributed by atoms with Gasteiger partial charge in [0, 0.05) is 6.07 Å². The maximum atomic E-state index is 12.2. The Labute approximate surface area is 142 Å². The second-order valence-electron chi connectivity index (χ2n) is 5.24. The molecular formula is C17H14N2O4S. The van der Waals surface area contributed by atoms with Crippen molar-refractivity contribution in [3.05, 3.63) is 53.5 Å². The molecule has 24 heavy (non-hydrogen) atoms. The monoisotopic (exact) mass is 342 g/mol. The van der Waals surface area contributed by atoms with Crippen molar-refractivity contribution in [1.82, 2.24) is 10.5 Å². The number of hydrogen-bond donors (Lipinski definition) is 1. The molecule has 6 nitrogen and oxygen atoms in total. The Morgan fingerprint density at radius 2 is 2.12 bits per heavy atom. The summed E-state index contributed by atoms with van der Waals surface area (Å²) in [6.07, 6.45) is -0.677. The maximum absolute atomic E-state index is 12.2. The van der Waals surface area contributed by atoms with Crippen molar-refractivity contribution in [2.45, 2.75) is 12.6 Å². The molecule has 1 unspecified atom stereocenters. The number of nitrogens with zero attached hydrogens (tertiary/aromatic N) is 1. The number of amides is 1. The van der Waals surface area contributed by atoms with E-state index in [1.165, 1.54) is 0 Å². The van der Waals surface area contributed by atoms with Gasteiger partial charge in [0.1, 0.15) is 12.3 Å². The zero-order valence-electron chi connectivity index (χ0n) is 12.6. The van der Waals surface area contributed by atoms with Gasteiger partial charge in [-0.05, 0) is 23.6 Å². The Bertz CT molecular complexity index is 844. The normalized spacial score (nSPS) is 15.9. The summed E-state index contributed by atoms with van der Waals surface area (Å²) < 4.78 is 16.5. The summed E-state index contributed by atoms with van der Waals surface area (Å²) in [5, 5.41) is 8.73. The molecule has 1 amide bonds. The van der Waals surface area contributed by atoms with Crippen LogP contribution in [-0.4, -0.2) is 23.8 Å². The van der Waals surface area contributed by atoms with Crippen LogP contribution in [0.3, 0.4) is 0 Å². The number of carbonyl (C=O) groups is 1. The predicted molar refractivity (Wildman–Crippen MR) is 88.0 cm³/mol. The number of aromatic nitrogens is 1. The van der Waals surface area contributed by atoms with E-state index in [-0.39, 0.29) is 19.1 Å². The van der Waals surface area contributed by atoms with Crippen LogP contribution in [-0.2, 0) is 11.3 Å². The molecule has 0 radical (unpaired) electrons. The number of fused-ring (bicyclic) bond motifs is 1. The molecule has 1 aromatic carbocycles. The van der Waals surface area contributed by atoms with Gasteiger partial charge in [0.05, 0.1) is 11.4 Å². The molecule has 0 spiro atoms. The van der Waals surface area contributed by atoms with Gasteiger partial charge >= 0.3 is 0 Å². The Balaban J connectivity index is 1.36. The molecule has 3 heterocycles. The first-order valence-electron chi connectivity index (χ1n) is 7.45. The summed E-state index contributed by atoms with van der Waals surface area (Å²) >= 11 is 1.57. The predicted octanol–water partition coefficient (Wildman–Crippen LogP) is 2.86. The summed E-state index contributed by atoms with van der Waals surface area (Å²) in [5.41, 5.74) is 0.656. The molecule has 122 valence electrons. The standard InChI is InChI=1S/C17H14N2O4S/c20-17(15-10-21-12-4-1-2-5-13(12)22-15)18-9-11-8-14(23-19-11)16-6-3-7-24-16/h1-8,15H,9-10H2,(H,18,20). The maximum Gasteiger partial charge on any atom is 0.265 e. The third-order valence-electron chi connectivity index (χ3n) is 3.57. The van der Waals surface area contributed by atoms with E-state index in [0.717, 1.165) is 4.88 Å². The van der Waals surface area contributed by atoms with Gasteiger partial charge in [0.25, 0.3) is 5.91 Å². The third kappa shape index (κ3) is 2.98. The van der Waals surface area contributed by atoms with E-state index < -0.39 is 6.10 Å². The van der Waals surface area contributed by atoms with Gasteiger partial charge in [0.15, 0.2) is 17.3 Å². The van der Waals surface area contributed by atoms with Crippen LogP contribution >= 0.6 is 11.3 Å². The van der Waals surface area contributed by atoms with Crippen LogP contribution in [0.25, 0.3) is 10.6 Å². The molecule has 1 aliphatic rings. The van der Waals surface area contributed by atoms with Gasteiger partial charge in [0.2, 0.25) is 6.10 Å². The minimum absolute atomic E-state index is 0.183. The Kier molecular flexibility index (Phi) is 3.92. The number of ether oxygens (including phenoxy) is 2. The molecule has 1 atom stereocenters. The van der Waals surface area contributed by atoms with Crippen LogP contribution < -0.4 is 14.8 Å². The largest absolute Gasteiger partial charge is 0.485 e. The van der Waals surface area contributed by atoms with Crippen molar-refractivity contribution in [2.75, 3.05) is 6.61 Å². The lowest BCUT2D eigenvalue weighted by atomic mass is 10.2. The number of benzene rings is 1. The van der Waals surface area contributed by atoms with E-state index in [0.29, 0.717) is 23.0 Å². The second-order valence-corrected chi connectivity index (χ2v) is 6.19. The summed E-state index contributed by atoms with van der Waals surface area (Å²) in [6, 6.07) is 13.0. The van der Waals surface area contributed by atoms with Gasteiger partial charge in [-0.25, -0.2) is 0 Å². The van der Waals surface area contributed by atoms with Gasteiger partial charge in [-0.2, -0.15) is 0 Å². The molecule has 0 fully saturated rings. The van der Waals surface area contributed by atoms with E-state index >= 15 is 0 Å². The van der Waals surface area contributed by atoms with Gasteiger partial charge < -0.3 is 19.3 Å². The molecule has 3 aromatic rings. The number of hydrogen-bond acceptors (Lipinski definition) is 6. The average molecular weight is 342 g/mol. The zero-order valence-corrected chi connectivity index (χ0v) is 13.4. The van der Waals surface area contributed by atoms with E-state index in [1.807, 2.05) is 41.8 Å². The molecule has 0 saturated heterocycles. The fourth-order valence-corrected chi connectivity index (χ4v) is 3.04. The SMILES string of the molecule is O=C(NCc1cc(-c2cccs2)on1)C1COc2ccccc2O1. The first-order valence-corrected chi connectivity index (χ1v) is 8.33. The van der Waals surface area contributed by atoms with Crippen molar-refractivity contribution < 1.29 is 18.8 Å². The highest BCUT2D eigenvalue weighted by Gasteiger charge is 2.27. The summed E-state index contributed by atoms with van der Waals surface area (Å²) in [4.78, 5) is 13.2. The van der Waals surface area contributed by atoms with Gasteiger partial charge in [-0.3, -0.25) is 4.79 Å². The first kappa shape index (κ1) is 14.8. The van der Waals surface area contributed by atoms with Crippen molar-refractivity contribution in [1.29, 1.82) is 0 Å². The van der Waals surface area contributed by atoms with Crippen LogP contribution in [0.5, 0.6) is 11.5 Å². The minimum atomic E-state index is -0.677. The van der Waals surface area contributed by atoms with Crippen molar-refractivity contribution in [3.63, 3.8) is 0 Å². The Morgan fingerprint density at radius 3 is 2.96 bits per heavy atom. The summed E-state index contributed by atoms with van der Waals surface area (Å²) in [7, 11) is 0. The molecule has 7 heteroatoms. The molecule has 1 N–H and O–H groups in total. The van der Waals surface area contributed by atoms with Crippen LogP contribution in [0.2, 0.25) is 0 Å². The molecule has 2 aromatic heterocycles. The number of carbonyl (C=O) groups excluding carboxylic acids is 1. The van der Waals surface area contributed by atoms with Crippen LogP contribution in [0.4, 0.5) is 0 Å². The molecule has 0 saturated carbocycles. The van der Waals surface area contributed by atoms with E-state index in [9.17, 15) is 4.79 Å². The highest BCUT2D eigenvalue weighted by atomic mass is 32.1. The second kappa shape index (κ2) is 6.37. The molecule has 1 aliphatic heterocycles. The smallest absolute Gasteiger partial charge is 0.265 e. The number of para-hydroxylation sites is 2. The lowest BCUT2D eigenvalue weighted by molar-refractivity contribution is -0.130. The fourth-order valence-electron chi connectivity index (χ4n) is 2.37. The zero-order chi connectivity index (χ0) is 16.4.